The Hall–Kier alpha value is -8.14. The van der Waals surface area contributed by atoms with Gasteiger partial charge in [0.05, 0.1) is 34.6 Å². The number of ether oxygens (including phenoxy) is 1. The fraction of sp³-hybridized carbons (Fsp3) is 0.500. The van der Waals surface area contributed by atoms with Crippen LogP contribution in [-0.2, 0) is 72.7 Å². The topological polar surface area (TPSA) is 220 Å². The second-order valence-electron chi connectivity index (χ2n) is 23.8. The van der Waals surface area contributed by atoms with Crippen molar-refractivity contribution in [3.05, 3.63) is 126 Å². The number of nitrogens with zero attached hydrogens (tertiary/aromatic N) is 13. The summed E-state index contributed by atoms with van der Waals surface area (Å²) in [6.45, 7) is 18.2. The first-order chi connectivity index (χ1) is 41.8. The summed E-state index contributed by atoms with van der Waals surface area (Å²) in [5, 5.41) is 8.91. The number of carbonyl (C=O) groups is 2. The van der Waals surface area contributed by atoms with E-state index in [0.717, 1.165) is 30.3 Å². The molecule has 1 N–H and O–H groups in total. The van der Waals surface area contributed by atoms with E-state index in [1.165, 1.54) is 47.8 Å². The van der Waals surface area contributed by atoms with E-state index in [2.05, 4.69) is 39.8 Å². The molecule has 88 heavy (non-hydrogen) atoms. The minimum Gasteiger partial charge on any atom is -0.361 e. The molecular formula is C60H74F6N14O7Si. The van der Waals surface area contributed by atoms with Crippen molar-refractivity contribution in [1.82, 2.24) is 57.3 Å². The minimum atomic E-state index is -4.49. The second-order valence-corrected chi connectivity index (χ2v) is 29.4. The summed E-state index contributed by atoms with van der Waals surface area (Å²) in [6.07, 6.45) is 2.18. The molecule has 2 aromatic carbocycles. The number of H-pyrrole nitrogens is 1. The van der Waals surface area contributed by atoms with E-state index in [1.54, 1.807) is 37.1 Å². The van der Waals surface area contributed by atoms with E-state index in [4.69, 9.17) is 9.72 Å². The number of halogens is 6. The van der Waals surface area contributed by atoms with Gasteiger partial charge in [-0.2, -0.15) is 36.5 Å². The van der Waals surface area contributed by atoms with Crippen molar-refractivity contribution >= 4 is 53.6 Å². The van der Waals surface area contributed by atoms with Crippen LogP contribution in [0.15, 0.2) is 92.5 Å². The zero-order valence-corrected chi connectivity index (χ0v) is 51.5. The first-order valence-corrected chi connectivity index (χ1v) is 33.6. The van der Waals surface area contributed by atoms with Gasteiger partial charge in [-0.05, 0) is 92.8 Å². The smallest absolute Gasteiger partial charge is 0.361 e. The van der Waals surface area contributed by atoms with Crippen LogP contribution in [0.1, 0.15) is 90.2 Å². The summed E-state index contributed by atoms with van der Waals surface area (Å²) in [4.78, 5) is 93.7. The molecule has 21 nitrogen and oxygen atoms in total. The Morgan fingerprint density at radius 1 is 0.591 bits per heavy atom. The van der Waals surface area contributed by atoms with Crippen LogP contribution >= 0.6 is 0 Å². The van der Waals surface area contributed by atoms with E-state index in [9.17, 15) is 55.1 Å². The lowest BCUT2D eigenvalue weighted by molar-refractivity contribution is -0.138. The van der Waals surface area contributed by atoms with Crippen molar-refractivity contribution in [3.63, 3.8) is 0 Å². The molecule has 2 unspecified atom stereocenters. The molecule has 2 aliphatic rings. The van der Waals surface area contributed by atoms with Gasteiger partial charge in [0.25, 0.3) is 11.1 Å². The largest absolute Gasteiger partial charge is 0.416 e. The number of hydrogen-bond donors (Lipinski definition) is 1. The average molecular weight is 1250 g/mol. The van der Waals surface area contributed by atoms with Crippen molar-refractivity contribution in [3.8, 4) is 22.8 Å². The summed E-state index contributed by atoms with van der Waals surface area (Å²) >= 11 is 0. The summed E-state index contributed by atoms with van der Waals surface area (Å²) in [5.74, 6) is 0.357. The van der Waals surface area contributed by atoms with E-state index < -0.39 is 42.7 Å². The fourth-order valence-corrected chi connectivity index (χ4v) is 11.9. The highest BCUT2D eigenvalue weighted by Crippen LogP contribution is 2.36. The molecule has 0 aliphatic carbocycles. The molecule has 0 spiro atoms. The molecule has 8 heterocycles. The number of fused-ring (bicyclic) bond motifs is 2. The third-order valence-corrected chi connectivity index (χ3v) is 17.4. The van der Waals surface area contributed by atoms with Crippen LogP contribution in [0.2, 0.25) is 25.7 Å². The van der Waals surface area contributed by atoms with Crippen molar-refractivity contribution in [2.75, 3.05) is 29.5 Å². The highest BCUT2D eigenvalue weighted by Gasteiger charge is 2.36. The number of alkyl halides is 6. The molecule has 2 aliphatic heterocycles. The molecule has 2 atom stereocenters. The molecule has 2 amide bonds. The van der Waals surface area contributed by atoms with Gasteiger partial charge in [0.1, 0.15) is 23.9 Å². The van der Waals surface area contributed by atoms with Gasteiger partial charge >= 0.3 is 23.7 Å². The second kappa shape index (κ2) is 26.7. The van der Waals surface area contributed by atoms with Crippen molar-refractivity contribution in [2.45, 2.75) is 163 Å². The number of amides is 2. The van der Waals surface area contributed by atoms with Gasteiger partial charge in [0.15, 0.2) is 16.8 Å². The molecule has 28 heteroatoms. The lowest BCUT2D eigenvalue weighted by atomic mass is 10.1. The zero-order valence-electron chi connectivity index (χ0n) is 50.5. The summed E-state index contributed by atoms with van der Waals surface area (Å²) in [7, 11) is -1.37. The van der Waals surface area contributed by atoms with Gasteiger partial charge < -0.3 is 19.5 Å². The van der Waals surface area contributed by atoms with Gasteiger partial charge in [-0.1, -0.05) is 59.5 Å². The zero-order chi connectivity index (χ0) is 63.4. The molecule has 6 aromatic heterocycles. The number of hydrogen-bond acceptors (Lipinski definition) is 11. The number of aryl methyl sites for hydroxylation is 4. The first-order valence-electron chi connectivity index (χ1n) is 29.9. The average Bonchev–Trinajstić information content (AvgIpc) is 1.93. The Bertz CT molecular complexity index is 4070. The molecule has 2 fully saturated rings. The van der Waals surface area contributed by atoms with Crippen LogP contribution < -0.4 is 32.3 Å². The van der Waals surface area contributed by atoms with Crippen LogP contribution in [-0.4, -0.2) is 96.9 Å². The predicted octanol–water partition coefficient (Wildman–Crippen LogP) is 9.85. The van der Waals surface area contributed by atoms with Gasteiger partial charge in [0, 0.05) is 104 Å². The monoisotopic (exact) mass is 1240 g/mol. The normalized spacial score (nSPS) is 15.8. The fourth-order valence-electron chi connectivity index (χ4n) is 11.2. The quantitative estimate of drug-likeness (QED) is 0.0361. The maximum atomic E-state index is 13.8. The van der Waals surface area contributed by atoms with E-state index in [-0.39, 0.29) is 71.5 Å². The maximum Gasteiger partial charge on any atom is 0.416 e. The van der Waals surface area contributed by atoms with Crippen LogP contribution in [0.4, 0.5) is 37.7 Å². The van der Waals surface area contributed by atoms with Gasteiger partial charge in [-0.15, -0.1) is 0 Å². The van der Waals surface area contributed by atoms with Crippen LogP contribution in [0.3, 0.4) is 0 Å². The molecule has 10 rings (SSSR count). The Morgan fingerprint density at radius 3 is 1.57 bits per heavy atom. The summed E-state index contributed by atoms with van der Waals surface area (Å²) < 4.78 is 96.0. The Balaban J connectivity index is 0.000000213. The van der Waals surface area contributed by atoms with Crippen LogP contribution in [0.25, 0.3) is 45.1 Å². The lowest BCUT2D eigenvalue weighted by Crippen LogP contribution is -2.40. The third-order valence-electron chi connectivity index (χ3n) is 15.7. The maximum absolute atomic E-state index is 13.8. The number of carbonyl (C=O) groups excluding carboxylic acids is 2. The van der Waals surface area contributed by atoms with Crippen molar-refractivity contribution in [2.24, 2.45) is 11.8 Å². The Morgan fingerprint density at radius 2 is 1.07 bits per heavy atom. The number of rotatable bonds is 23. The highest BCUT2D eigenvalue weighted by atomic mass is 28.3. The molecule has 0 bridgehead atoms. The number of imidazole rings is 2. The van der Waals surface area contributed by atoms with E-state index in [1.807, 2.05) is 33.9 Å². The molecular weight excluding hydrogens is 1170 g/mol. The minimum absolute atomic E-state index is 0.0404. The Labute approximate surface area is 503 Å². The standard InChI is InChI=1S/C33H44F3N7O4Si.C27H30F3N7O3/c1-6-12-40-30-28(31(45)41(13-7-2)32(40)46)43(22-47-15-16-48(3,4)5)29(38-30)24-19-37-39(21-24)14-11-23-17-27(44)42(20-23)26-10-8-9-25(18-26)33(34,35)36;1-3-9-35-24-22(25(39)36(10-4-2)26(35)40)32-23(33-24)18-14-31-34(16-18)11-8-17-12-21(38)37(15-17)20-7-5-6-19(13-20)27(28,29)30/h8-10,18-19,21,23H,6-7,11-17,20,22H2,1-5H3;5-7,13-14,16-17H,3-4,8-12,15H2,1-2H3,(H,32,33). The van der Waals surface area contributed by atoms with Crippen LogP contribution in [0, 0.1) is 11.8 Å². The predicted molar refractivity (Wildman–Crippen MR) is 324 cm³/mol. The van der Waals surface area contributed by atoms with E-state index in [0.29, 0.717) is 137 Å². The van der Waals surface area contributed by atoms with Crippen molar-refractivity contribution in [1.29, 1.82) is 0 Å². The molecule has 0 radical (unpaired) electrons. The number of anilines is 2. The molecule has 472 valence electrons. The molecule has 8 aromatic rings. The van der Waals surface area contributed by atoms with Gasteiger partial charge in [-0.3, -0.25) is 51.4 Å². The number of benzene rings is 2. The van der Waals surface area contributed by atoms with Gasteiger partial charge in [-0.25, -0.2) is 19.6 Å². The number of aromatic nitrogens is 12. The number of aromatic amines is 1. The van der Waals surface area contributed by atoms with Crippen molar-refractivity contribution < 1.29 is 40.7 Å². The van der Waals surface area contributed by atoms with Gasteiger partial charge in [0.2, 0.25) is 11.8 Å². The first kappa shape index (κ1) is 64.3. The van der Waals surface area contributed by atoms with E-state index >= 15 is 0 Å². The SMILES string of the molecule is CCCn1c(=O)c2[nH]c(-c3cnn(CCC4CC(=O)N(c5cccc(C(F)(F)F)c5)C4)c3)nc2n(CCC)c1=O.CCCn1c(=O)c2c(nc(-c3cnn(CCC4CC(=O)N(c5cccc(C(F)(F)F)c5)C4)c3)n2COCC[Si](C)(C)C)n(CCC)c1=O. The summed E-state index contributed by atoms with van der Waals surface area (Å²) in [6, 6.07) is 10.6. The number of nitrogens with one attached hydrogen (secondary N) is 1. The summed E-state index contributed by atoms with van der Waals surface area (Å²) in [5.41, 5.74) is -0.166. The molecule has 2 saturated heterocycles. The van der Waals surface area contributed by atoms with Crippen LogP contribution in [0.5, 0.6) is 0 Å². The lowest BCUT2D eigenvalue weighted by Gasteiger charge is -2.18. The Kier molecular flexibility index (Phi) is 19.5. The highest BCUT2D eigenvalue weighted by molar-refractivity contribution is 6.76. The molecule has 0 saturated carbocycles. The third kappa shape index (κ3) is 14.2.